The number of benzene rings is 1. The summed E-state index contributed by atoms with van der Waals surface area (Å²) in [6.07, 6.45) is 1.54. The van der Waals surface area contributed by atoms with Gasteiger partial charge in [0.1, 0.15) is 0 Å². The first-order chi connectivity index (χ1) is 9.34. The highest BCUT2D eigenvalue weighted by atomic mass is 32.2. The van der Waals surface area contributed by atoms with Gasteiger partial charge in [-0.3, -0.25) is 0 Å². The Balaban J connectivity index is 3.04. The predicted octanol–water partition coefficient (Wildman–Crippen LogP) is 2.91. The molecule has 6 heteroatoms. The van der Waals surface area contributed by atoms with E-state index in [1.54, 1.807) is 6.92 Å². The molecule has 0 aliphatic heterocycles. The van der Waals surface area contributed by atoms with Crippen LogP contribution in [-0.4, -0.2) is 26.3 Å². The van der Waals surface area contributed by atoms with Crippen LogP contribution in [0.2, 0.25) is 0 Å². The highest BCUT2D eigenvalue weighted by Crippen LogP contribution is 2.21. The van der Waals surface area contributed by atoms with Gasteiger partial charge in [-0.1, -0.05) is 13.8 Å². The maximum absolute atomic E-state index is 13.2. The Morgan fingerprint density at radius 1 is 1.20 bits per heavy atom. The fraction of sp³-hybridized carbons (Fsp3) is 0.571. The summed E-state index contributed by atoms with van der Waals surface area (Å²) in [6.45, 7) is 6.20. The van der Waals surface area contributed by atoms with Crippen molar-refractivity contribution in [3.63, 3.8) is 0 Å². The topological polar surface area (TPSA) is 46.2 Å². The third-order valence-corrected chi connectivity index (χ3v) is 5.59. The average molecular weight is 305 g/mol. The SMILES string of the molecule is CCCNC(CC)C(C)S(=O)(=O)c1ccc(F)c(F)c1. The molecule has 0 bridgehead atoms. The molecule has 114 valence electrons. The molecule has 2 unspecified atom stereocenters. The third kappa shape index (κ3) is 3.76. The van der Waals surface area contributed by atoms with Crippen molar-refractivity contribution >= 4 is 9.84 Å². The van der Waals surface area contributed by atoms with Crippen LogP contribution >= 0.6 is 0 Å². The van der Waals surface area contributed by atoms with E-state index in [0.29, 0.717) is 6.42 Å². The van der Waals surface area contributed by atoms with Crippen molar-refractivity contribution in [1.29, 1.82) is 0 Å². The molecule has 1 aromatic rings. The van der Waals surface area contributed by atoms with Gasteiger partial charge in [-0.25, -0.2) is 17.2 Å². The van der Waals surface area contributed by atoms with Gasteiger partial charge < -0.3 is 5.32 Å². The van der Waals surface area contributed by atoms with E-state index in [4.69, 9.17) is 0 Å². The van der Waals surface area contributed by atoms with Crippen molar-refractivity contribution in [1.82, 2.24) is 5.32 Å². The molecule has 1 N–H and O–H groups in total. The van der Waals surface area contributed by atoms with E-state index in [1.807, 2.05) is 13.8 Å². The van der Waals surface area contributed by atoms with Crippen molar-refractivity contribution < 1.29 is 17.2 Å². The third-order valence-electron chi connectivity index (χ3n) is 3.37. The standard InChI is InChI=1S/C14H21F2NO2S/c1-4-8-17-14(5-2)10(3)20(18,19)11-6-7-12(15)13(16)9-11/h6-7,9-10,14,17H,4-5,8H2,1-3H3. The molecule has 0 spiro atoms. The van der Waals surface area contributed by atoms with Gasteiger partial charge in [-0.15, -0.1) is 0 Å². The Bertz CT molecular complexity index is 546. The number of rotatable bonds is 7. The molecule has 1 rings (SSSR count). The molecule has 3 nitrogen and oxygen atoms in total. The summed E-state index contributed by atoms with van der Waals surface area (Å²) in [6, 6.07) is 2.48. The van der Waals surface area contributed by atoms with E-state index in [2.05, 4.69) is 5.32 Å². The van der Waals surface area contributed by atoms with Crippen molar-refractivity contribution in [2.45, 2.75) is 49.8 Å². The zero-order valence-corrected chi connectivity index (χ0v) is 12.8. The second kappa shape index (κ2) is 7.13. The van der Waals surface area contributed by atoms with Crippen LogP contribution in [0, 0.1) is 11.6 Å². The zero-order valence-electron chi connectivity index (χ0n) is 12.0. The first-order valence-electron chi connectivity index (χ1n) is 6.76. The average Bonchev–Trinajstić information content (AvgIpc) is 2.42. The molecular formula is C14H21F2NO2S. The van der Waals surface area contributed by atoms with Gasteiger partial charge in [0.25, 0.3) is 0 Å². The molecule has 0 radical (unpaired) electrons. The molecule has 0 fully saturated rings. The second-order valence-corrected chi connectivity index (χ2v) is 7.10. The van der Waals surface area contributed by atoms with E-state index >= 15 is 0 Å². The Morgan fingerprint density at radius 3 is 2.35 bits per heavy atom. The minimum atomic E-state index is -3.69. The summed E-state index contributed by atoms with van der Waals surface area (Å²) in [5.74, 6) is -2.19. The summed E-state index contributed by atoms with van der Waals surface area (Å²) in [5.41, 5.74) is 0. The first kappa shape index (κ1) is 17.0. The fourth-order valence-corrected chi connectivity index (χ4v) is 3.73. The second-order valence-electron chi connectivity index (χ2n) is 4.79. The van der Waals surface area contributed by atoms with Crippen molar-refractivity contribution in [2.24, 2.45) is 0 Å². The van der Waals surface area contributed by atoms with Crippen LogP contribution in [0.15, 0.2) is 23.1 Å². The minimum Gasteiger partial charge on any atom is -0.313 e. The van der Waals surface area contributed by atoms with Crippen LogP contribution in [0.25, 0.3) is 0 Å². The summed E-state index contributed by atoms with van der Waals surface area (Å²) in [4.78, 5) is -0.180. The summed E-state index contributed by atoms with van der Waals surface area (Å²) < 4.78 is 51.0. The number of sulfone groups is 1. The lowest BCUT2D eigenvalue weighted by molar-refractivity contribution is 0.470. The maximum Gasteiger partial charge on any atom is 0.182 e. The smallest absolute Gasteiger partial charge is 0.182 e. The van der Waals surface area contributed by atoms with Gasteiger partial charge >= 0.3 is 0 Å². The predicted molar refractivity (Wildman–Crippen MR) is 75.4 cm³/mol. The summed E-state index contributed by atoms with van der Waals surface area (Å²) in [7, 11) is -3.69. The van der Waals surface area contributed by atoms with E-state index in [-0.39, 0.29) is 10.9 Å². The van der Waals surface area contributed by atoms with Crippen LogP contribution in [0.4, 0.5) is 8.78 Å². The molecule has 20 heavy (non-hydrogen) atoms. The number of hydrogen-bond acceptors (Lipinski definition) is 3. The molecular weight excluding hydrogens is 284 g/mol. The molecule has 0 amide bonds. The van der Waals surface area contributed by atoms with Crippen LogP contribution in [-0.2, 0) is 9.84 Å². The van der Waals surface area contributed by atoms with E-state index < -0.39 is 26.7 Å². The highest BCUT2D eigenvalue weighted by molar-refractivity contribution is 7.92. The van der Waals surface area contributed by atoms with Crippen LogP contribution in [0.3, 0.4) is 0 Å². The molecule has 0 aromatic heterocycles. The Hall–Kier alpha value is -1.01. The quantitative estimate of drug-likeness (QED) is 0.788. The van der Waals surface area contributed by atoms with Crippen LogP contribution in [0.5, 0.6) is 0 Å². The minimum absolute atomic E-state index is 0.180. The molecule has 0 saturated carbocycles. The lowest BCUT2D eigenvalue weighted by Crippen LogP contribution is -2.42. The lowest BCUT2D eigenvalue weighted by Gasteiger charge is -2.24. The van der Waals surface area contributed by atoms with Gasteiger partial charge in [0, 0.05) is 6.04 Å². The van der Waals surface area contributed by atoms with Crippen molar-refractivity contribution in [2.75, 3.05) is 6.54 Å². The Kier molecular flexibility index (Phi) is 6.07. The highest BCUT2D eigenvalue weighted by Gasteiger charge is 2.30. The van der Waals surface area contributed by atoms with Crippen molar-refractivity contribution in [3.05, 3.63) is 29.8 Å². The van der Waals surface area contributed by atoms with E-state index in [9.17, 15) is 17.2 Å². The van der Waals surface area contributed by atoms with Gasteiger partial charge in [-0.2, -0.15) is 0 Å². The Labute approximate surface area is 119 Å². The number of halogens is 2. The number of hydrogen-bond donors (Lipinski definition) is 1. The molecule has 0 heterocycles. The fourth-order valence-electron chi connectivity index (χ4n) is 2.06. The van der Waals surface area contributed by atoms with Gasteiger partial charge in [-0.05, 0) is 44.5 Å². The van der Waals surface area contributed by atoms with Crippen LogP contribution in [0.1, 0.15) is 33.6 Å². The zero-order chi connectivity index (χ0) is 15.3. The number of nitrogens with one attached hydrogen (secondary N) is 1. The largest absolute Gasteiger partial charge is 0.313 e. The molecule has 0 saturated heterocycles. The molecule has 2 atom stereocenters. The lowest BCUT2D eigenvalue weighted by atomic mass is 10.1. The van der Waals surface area contributed by atoms with Gasteiger partial charge in [0.15, 0.2) is 21.5 Å². The van der Waals surface area contributed by atoms with E-state index in [1.165, 1.54) is 0 Å². The van der Waals surface area contributed by atoms with Gasteiger partial charge in [0.2, 0.25) is 0 Å². The maximum atomic E-state index is 13.2. The summed E-state index contributed by atoms with van der Waals surface area (Å²) in [5, 5.41) is 2.47. The molecule has 0 aliphatic carbocycles. The van der Waals surface area contributed by atoms with Crippen LogP contribution < -0.4 is 5.32 Å². The van der Waals surface area contributed by atoms with Gasteiger partial charge in [0.05, 0.1) is 10.1 Å². The summed E-state index contributed by atoms with van der Waals surface area (Å²) >= 11 is 0. The van der Waals surface area contributed by atoms with Crippen molar-refractivity contribution in [3.8, 4) is 0 Å². The first-order valence-corrected chi connectivity index (χ1v) is 8.31. The molecule has 1 aromatic carbocycles. The monoisotopic (exact) mass is 305 g/mol. The normalized spacial score (nSPS) is 15.1. The Morgan fingerprint density at radius 2 is 1.85 bits per heavy atom. The van der Waals surface area contributed by atoms with E-state index in [0.717, 1.165) is 31.2 Å². The molecule has 0 aliphatic rings.